The summed E-state index contributed by atoms with van der Waals surface area (Å²) in [5, 5.41) is -0.0760. The van der Waals surface area contributed by atoms with Crippen LogP contribution in [0.4, 0.5) is 4.39 Å². The van der Waals surface area contributed by atoms with Crippen LogP contribution in [0.1, 0.15) is 31.1 Å². The van der Waals surface area contributed by atoms with E-state index in [0.717, 1.165) is 18.3 Å². The van der Waals surface area contributed by atoms with Crippen molar-refractivity contribution in [2.24, 2.45) is 0 Å². The molecule has 180 valence electrons. The van der Waals surface area contributed by atoms with E-state index in [-0.39, 0.29) is 37.9 Å². The lowest BCUT2D eigenvalue weighted by Crippen LogP contribution is -2.41. The number of nitrogens with one attached hydrogen (secondary N) is 1. The van der Waals surface area contributed by atoms with Gasteiger partial charge in [0.05, 0.1) is 17.3 Å². The van der Waals surface area contributed by atoms with Gasteiger partial charge in [0.1, 0.15) is 5.02 Å². The molecule has 0 atom stereocenters. The fourth-order valence-corrected chi connectivity index (χ4v) is 3.11. The van der Waals surface area contributed by atoms with Crippen molar-refractivity contribution in [1.82, 2.24) is 14.5 Å². The molecule has 0 aliphatic heterocycles. The molecule has 0 unspecified atom stereocenters. The van der Waals surface area contributed by atoms with E-state index >= 15 is 0 Å². The molecule has 36 heavy (non-hydrogen) atoms. The number of aromatic nitrogens is 3. The molecule has 0 aliphatic rings. The van der Waals surface area contributed by atoms with Gasteiger partial charge in [0.25, 0.3) is 11.5 Å². The molecule has 1 N–H and O–H groups in total. The number of carbonyl (C=O) groups excluding carboxylic acids is 3. The van der Waals surface area contributed by atoms with E-state index in [0.29, 0.717) is 6.20 Å². The minimum atomic E-state index is -1.45. The summed E-state index contributed by atoms with van der Waals surface area (Å²) in [5.41, 5.74) is -2.75. The zero-order valence-corrected chi connectivity index (χ0v) is 18.7. The molecule has 2 aromatic heterocycles. The predicted octanol–water partition coefficient (Wildman–Crippen LogP) is 2.85. The highest BCUT2D eigenvalue weighted by Gasteiger charge is 2.20. The predicted molar refractivity (Wildman–Crippen MR) is 123 cm³/mol. The van der Waals surface area contributed by atoms with Crippen LogP contribution in [0.2, 0.25) is 5.02 Å². The second-order valence-corrected chi connectivity index (χ2v) is 7.47. The van der Waals surface area contributed by atoms with E-state index < -0.39 is 34.9 Å². The average Bonchev–Trinajstić information content (AvgIpc) is 2.89. The number of nitrogens with zero attached hydrogens (tertiary/aromatic N) is 2. The number of hydrogen-bond acceptors (Lipinski definition) is 8. The van der Waals surface area contributed by atoms with Crippen molar-refractivity contribution in [3.63, 3.8) is 0 Å². The van der Waals surface area contributed by atoms with Gasteiger partial charge in [0.15, 0.2) is 5.75 Å². The molecule has 0 bridgehead atoms. The van der Waals surface area contributed by atoms with Gasteiger partial charge in [-0.2, -0.15) is 8.96 Å². The van der Waals surface area contributed by atoms with E-state index in [1.54, 1.807) is 30.3 Å². The first kappa shape index (κ1) is 24.2. The summed E-state index contributed by atoms with van der Waals surface area (Å²) in [7, 11) is 0. The zero-order valence-electron chi connectivity index (χ0n) is 17.9. The third kappa shape index (κ3) is 5.10. The minimum absolute atomic E-state index is 0.0624. The van der Waals surface area contributed by atoms with Crippen molar-refractivity contribution in [3.05, 3.63) is 121 Å². The summed E-state index contributed by atoms with van der Waals surface area (Å²) in [6, 6.07) is 14.1. The quantitative estimate of drug-likeness (QED) is 0.405. The SMILES string of the molecule is O=C(Oc1cc(OC(=O)c2cccc(C(=O)n3c(=O)[nH]cc(F)c3=O)c2)c(Cl)cn1)c1ccccc1. The average molecular weight is 510 g/mol. The Morgan fingerprint density at radius 1 is 0.889 bits per heavy atom. The first-order valence-corrected chi connectivity index (χ1v) is 10.4. The Morgan fingerprint density at radius 3 is 2.31 bits per heavy atom. The van der Waals surface area contributed by atoms with Gasteiger partial charge in [0.2, 0.25) is 11.7 Å². The zero-order chi connectivity index (χ0) is 25.8. The molecule has 4 rings (SSSR count). The van der Waals surface area contributed by atoms with Crippen LogP contribution in [0.25, 0.3) is 0 Å². The molecular weight excluding hydrogens is 497 g/mol. The Bertz CT molecular complexity index is 1620. The fraction of sp³-hybridized carbons (Fsp3) is 0. The molecule has 12 heteroatoms. The van der Waals surface area contributed by atoms with Gasteiger partial charge >= 0.3 is 17.6 Å². The monoisotopic (exact) mass is 509 g/mol. The van der Waals surface area contributed by atoms with Gasteiger partial charge in [-0.05, 0) is 30.3 Å². The smallest absolute Gasteiger partial charge is 0.344 e. The van der Waals surface area contributed by atoms with Crippen LogP contribution >= 0.6 is 11.6 Å². The van der Waals surface area contributed by atoms with Crippen LogP contribution in [0, 0.1) is 5.82 Å². The number of H-pyrrole nitrogens is 1. The van der Waals surface area contributed by atoms with E-state index in [2.05, 4.69) is 4.98 Å². The van der Waals surface area contributed by atoms with E-state index in [4.69, 9.17) is 21.1 Å². The lowest BCUT2D eigenvalue weighted by Gasteiger charge is -2.09. The van der Waals surface area contributed by atoms with Crippen molar-refractivity contribution in [2.45, 2.75) is 0 Å². The third-order valence-corrected chi connectivity index (χ3v) is 4.97. The third-order valence-electron chi connectivity index (χ3n) is 4.69. The Balaban J connectivity index is 1.56. The summed E-state index contributed by atoms with van der Waals surface area (Å²) < 4.78 is 24.0. The molecular formula is C24H13ClFN3O7. The molecule has 0 spiro atoms. The van der Waals surface area contributed by atoms with Crippen molar-refractivity contribution >= 4 is 29.4 Å². The minimum Gasteiger partial charge on any atom is -0.421 e. The van der Waals surface area contributed by atoms with Gasteiger partial charge in [-0.25, -0.2) is 19.4 Å². The van der Waals surface area contributed by atoms with Crippen LogP contribution < -0.4 is 20.7 Å². The number of benzene rings is 2. The van der Waals surface area contributed by atoms with Gasteiger partial charge < -0.3 is 14.5 Å². The van der Waals surface area contributed by atoms with Crippen molar-refractivity contribution in [3.8, 4) is 11.6 Å². The molecule has 0 saturated heterocycles. The molecule has 2 aromatic carbocycles. The highest BCUT2D eigenvalue weighted by molar-refractivity contribution is 6.32. The van der Waals surface area contributed by atoms with Crippen molar-refractivity contribution in [2.75, 3.05) is 0 Å². The lowest BCUT2D eigenvalue weighted by atomic mass is 10.1. The number of ether oxygens (including phenoxy) is 2. The summed E-state index contributed by atoms with van der Waals surface area (Å²) in [4.78, 5) is 67.2. The topological polar surface area (TPSA) is 137 Å². The number of rotatable bonds is 5. The van der Waals surface area contributed by atoms with Crippen LogP contribution in [-0.4, -0.2) is 32.4 Å². The fourth-order valence-electron chi connectivity index (χ4n) is 2.97. The van der Waals surface area contributed by atoms with Crippen molar-refractivity contribution < 1.29 is 28.2 Å². The Morgan fingerprint density at radius 2 is 1.56 bits per heavy atom. The molecule has 4 aromatic rings. The molecule has 0 aliphatic carbocycles. The molecule has 10 nitrogen and oxygen atoms in total. The van der Waals surface area contributed by atoms with Gasteiger partial charge in [0, 0.05) is 17.8 Å². The summed E-state index contributed by atoms with van der Waals surface area (Å²) >= 11 is 6.05. The summed E-state index contributed by atoms with van der Waals surface area (Å²) in [6.07, 6.45) is 1.65. The first-order valence-electron chi connectivity index (χ1n) is 10.0. The number of hydrogen-bond donors (Lipinski definition) is 1. The number of pyridine rings is 1. The number of carbonyl (C=O) groups is 3. The van der Waals surface area contributed by atoms with Gasteiger partial charge in [-0.15, -0.1) is 0 Å². The molecule has 0 saturated carbocycles. The number of halogens is 2. The maximum Gasteiger partial charge on any atom is 0.344 e. The normalized spacial score (nSPS) is 10.5. The molecule has 0 fully saturated rings. The Hall–Kier alpha value is -4.90. The summed E-state index contributed by atoms with van der Waals surface area (Å²) in [6.45, 7) is 0. The maximum absolute atomic E-state index is 13.6. The standard InChI is InChI=1S/C24H13ClFN3O7/c25-16-11-27-19(36-22(32)13-5-2-1-3-6-13)10-18(16)35-23(33)15-8-4-7-14(9-15)20(30)29-21(31)17(26)12-28-24(29)34/h1-12H,(H,28,34). The van der Waals surface area contributed by atoms with Crippen LogP contribution in [0.15, 0.2) is 82.6 Å². The molecule has 0 amide bonds. The van der Waals surface area contributed by atoms with Crippen LogP contribution in [-0.2, 0) is 0 Å². The van der Waals surface area contributed by atoms with Gasteiger partial charge in [-0.3, -0.25) is 9.59 Å². The number of esters is 2. The largest absolute Gasteiger partial charge is 0.421 e. The van der Waals surface area contributed by atoms with Crippen LogP contribution in [0.5, 0.6) is 11.6 Å². The molecule has 2 heterocycles. The summed E-state index contributed by atoms with van der Waals surface area (Å²) in [5.74, 6) is -4.55. The van der Waals surface area contributed by atoms with E-state index in [9.17, 15) is 28.4 Å². The lowest BCUT2D eigenvalue weighted by molar-refractivity contribution is 0.0726. The second-order valence-electron chi connectivity index (χ2n) is 7.07. The number of aromatic amines is 1. The Labute approximate surface area is 205 Å². The molecule has 0 radical (unpaired) electrons. The maximum atomic E-state index is 13.6. The van der Waals surface area contributed by atoms with E-state index in [1.807, 2.05) is 4.98 Å². The highest BCUT2D eigenvalue weighted by Crippen LogP contribution is 2.28. The van der Waals surface area contributed by atoms with Crippen LogP contribution in [0.3, 0.4) is 0 Å². The Kier molecular flexibility index (Phi) is 6.84. The van der Waals surface area contributed by atoms with Crippen molar-refractivity contribution in [1.29, 1.82) is 0 Å². The van der Waals surface area contributed by atoms with Gasteiger partial charge in [-0.1, -0.05) is 35.9 Å². The highest BCUT2D eigenvalue weighted by atomic mass is 35.5. The second kappa shape index (κ2) is 10.2. The van der Waals surface area contributed by atoms with E-state index in [1.165, 1.54) is 18.2 Å². The first-order chi connectivity index (χ1) is 17.2.